The minimum Gasteiger partial charge on any atom is -0.345 e. The fourth-order valence-corrected chi connectivity index (χ4v) is 1.73. The molecule has 0 saturated heterocycles. The summed E-state index contributed by atoms with van der Waals surface area (Å²) in [6.45, 7) is 10.1. The summed E-state index contributed by atoms with van der Waals surface area (Å²) in [5.74, 6) is -0.547. The van der Waals surface area contributed by atoms with Crippen LogP contribution in [0.2, 0.25) is 0 Å². The zero-order valence-electron chi connectivity index (χ0n) is 9.10. The van der Waals surface area contributed by atoms with Crippen molar-refractivity contribution in [3.8, 4) is 0 Å². The Balaban J connectivity index is 4.24. The van der Waals surface area contributed by atoms with E-state index in [1.54, 1.807) is 0 Å². The second-order valence-corrected chi connectivity index (χ2v) is 5.23. The van der Waals surface area contributed by atoms with Crippen LogP contribution >= 0.6 is 0 Å². The Bertz CT molecular complexity index is 201. The second kappa shape index (κ2) is 3.90. The smallest absolute Gasteiger partial charge is 0.284 e. The van der Waals surface area contributed by atoms with E-state index in [1.807, 2.05) is 13.8 Å². The first-order chi connectivity index (χ1) is 5.66. The number of carbonyl (C=O) groups is 2. The molecule has 1 amide bonds. The summed E-state index contributed by atoms with van der Waals surface area (Å²) in [5.41, 5.74) is -0.185. The average Bonchev–Trinajstić information content (AvgIpc) is 1.80. The van der Waals surface area contributed by atoms with E-state index in [0.29, 0.717) is 6.29 Å². The van der Waals surface area contributed by atoms with Gasteiger partial charge < -0.3 is 5.32 Å². The number of amides is 1. The van der Waals surface area contributed by atoms with Crippen LogP contribution in [0.15, 0.2) is 0 Å². The monoisotopic (exact) mass is 185 g/mol. The lowest BCUT2D eigenvalue weighted by Gasteiger charge is -2.32. The molecule has 0 aromatic rings. The van der Waals surface area contributed by atoms with Gasteiger partial charge in [-0.2, -0.15) is 0 Å². The summed E-state index contributed by atoms with van der Waals surface area (Å²) in [7, 11) is 0. The zero-order valence-corrected chi connectivity index (χ0v) is 9.10. The minimum absolute atomic E-state index is 0.139. The fraction of sp³-hybridized carbons (Fsp3) is 0.800. The molecule has 3 nitrogen and oxygen atoms in total. The molecule has 0 unspecified atom stereocenters. The third kappa shape index (κ3) is 6.31. The summed E-state index contributed by atoms with van der Waals surface area (Å²) in [6, 6.07) is 0. The molecule has 0 spiro atoms. The Labute approximate surface area is 79.9 Å². The summed E-state index contributed by atoms with van der Waals surface area (Å²) < 4.78 is 0. The van der Waals surface area contributed by atoms with Crippen LogP contribution in [0.25, 0.3) is 0 Å². The van der Waals surface area contributed by atoms with Crippen LogP contribution in [-0.2, 0) is 9.59 Å². The molecule has 0 aliphatic rings. The highest BCUT2D eigenvalue weighted by atomic mass is 16.2. The lowest BCUT2D eigenvalue weighted by molar-refractivity contribution is -0.132. The molecule has 0 aliphatic carbocycles. The molecule has 0 heterocycles. The van der Waals surface area contributed by atoms with Crippen molar-refractivity contribution < 1.29 is 9.59 Å². The molecule has 1 N–H and O–H groups in total. The molecule has 0 aliphatic heterocycles. The van der Waals surface area contributed by atoms with Crippen molar-refractivity contribution in [2.75, 3.05) is 0 Å². The van der Waals surface area contributed by atoms with Gasteiger partial charge in [-0.25, -0.2) is 0 Å². The molecule has 13 heavy (non-hydrogen) atoms. The van der Waals surface area contributed by atoms with Crippen molar-refractivity contribution in [2.45, 2.75) is 46.6 Å². The molecule has 0 bridgehead atoms. The third-order valence-corrected chi connectivity index (χ3v) is 1.54. The lowest BCUT2D eigenvalue weighted by atomic mass is 9.82. The van der Waals surface area contributed by atoms with Crippen LogP contribution in [-0.4, -0.2) is 17.7 Å². The summed E-state index contributed by atoms with van der Waals surface area (Å²) in [6.07, 6.45) is 1.14. The van der Waals surface area contributed by atoms with Gasteiger partial charge in [-0.15, -0.1) is 0 Å². The standard InChI is InChI=1S/C10H19NO2/c1-9(2,3)7-10(4,5)11-8(13)6-12/h6H,7H2,1-5H3,(H,11,13). The third-order valence-electron chi connectivity index (χ3n) is 1.54. The van der Waals surface area contributed by atoms with Gasteiger partial charge in [0.25, 0.3) is 5.91 Å². The van der Waals surface area contributed by atoms with E-state index >= 15 is 0 Å². The first-order valence-electron chi connectivity index (χ1n) is 4.44. The van der Waals surface area contributed by atoms with Gasteiger partial charge in [0.1, 0.15) is 0 Å². The van der Waals surface area contributed by atoms with Crippen LogP contribution in [0, 0.1) is 5.41 Å². The molecule has 3 heteroatoms. The Hall–Kier alpha value is -0.860. The SMILES string of the molecule is CC(C)(C)CC(C)(C)NC(=O)C=O. The maximum atomic E-state index is 10.8. The molecule has 0 rings (SSSR count). The normalized spacial score (nSPS) is 12.4. The van der Waals surface area contributed by atoms with Gasteiger partial charge in [0.2, 0.25) is 6.29 Å². The largest absolute Gasteiger partial charge is 0.345 e. The molecular weight excluding hydrogens is 166 g/mol. The van der Waals surface area contributed by atoms with Crippen LogP contribution < -0.4 is 5.32 Å². The van der Waals surface area contributed by atoms with E-state index in [4.69, 9.17) is 0 Å². The Kier molecular flexibility index (Phi) is 3.64. The number of aldehydes is 1. The van der Waals surface area contributed by atoms with Gasteiger partial charge >= 0.3 is 0 Å². The van der Waals surface area contributed by atoms with E-state index < -0.39 is 5.91 Å². The van der Waals surface area contributed by atoms with Crippen LogP contribution in [0.3, 0.4) is 0 Å². The topological polar surface area (TPSA) is 46.2 Å². The molecule has 0 saturated carbocycles. The Morgan fingerprint density at radius 2 is 1.69 bits per heavy atom. The predicted molar refractivity (Wildman–Crippen MR) is 52.4 cm³/mol. The maximum Gasteiger partial charge on any atom is 0.284 e. The average molecular weight is 185 g/mol. The van der Waals surface area contributed by atoms with Gasteiger partial charge in [-0.1, -0.05) is 20.8 Å². The highest BCUT2D eigenvalue weighted by Crippen LogP contribution is 2.26. The van der Waals surface area contributed by atoms with Crippen molar-refractivity contribution >= 4 is 12.2 Å². The minimum atomic E-state index is -0.547. The number of hydrogen-bond acceptors (Lipinski definition) is 2. The van der Waals surface area contributed by atoms with Crippen molar-refractivity contribution in [3.05, 3.63) is 0 Å². The van der Waals surface area contributed by atoms with Crippen molar-refractivity contribution in [1.29, 1.82) is 0 Å². The van der Waals surface area contributed by atoms with E-state index in [1.165, 1.54) is 0 Å². The van der Waals surface area contributed by atoms with Gasteiger partial charge in [-0.3, -0.25) is 9.59 Å². The number of hydrogen-bond donors (Lipinski definition) is 1. The fourth-order valence-electron chi connectivity index (χ4n) is 1.73. The first-order valence-corrected chi connectivity index (χ1v) is 4.44. The van der Waals surface area contributed by atoms with Gasteiger partial charge in [0, 0.05) is 5.54 Å². The molecule has 0 fully saturated rings. The number of rotatable bonds is 3. The van der Waals surface area contributed by atoms with E-state index in [0.717, 1.165) is 6.42 Å². The predicted octanol–water partition coefficient (Wildman–Crippen LogP) is 1.52. The number of nitrogens with one attached hydrogen (secondary N) is 1. The molecular formula is C10H19NO2. The van der Waals surface area contributed by atoms with Crippen molar-refractivity contribution in [3.63, 3.8) is 0 Å². The summed E-state index contributed by atoms with van der Waals surface area (Å²) in [4.78, 5) is 21.0. The van der Waals surface area contributed by atoms with Gasteiger partial charge in [0.05, 0.1) is 0 Å². The van der Waals surface area contributed by atoms with E-state index in [-0.39, 0.29) is 11.0 Å². The van der Waals surface area contributed by atoms with Crippen LogP contribution in [0.1, 0.15) is 41.0 Å². The van der Waals surface area contributed by atoms with Crippen molar-refractivity contribution in [2.24, 2.45) is 5.41 Å². The van der Waals surface area contributed by atoms with Crippen LogP contribution in [0.4, 0.5) is 0 Å². The van der Waals surface area contributed by atoms with Crippen LogP contribution in [0.5, 0.6) is 0 Å². The van der Waals surface area contributed by atoms with Gasteiger partial charge in [0.15, 0.2) is 0 Å². The Morgan fingerprint density at radius 3 is 2.00 bits per heavy atom. The highest BCUT2D eigenvalue weighted by Gasteiger charge is 2.26. The molecule has 76 valence electrons. The quantitative estimate of drug-likeness (QED) is 0.535. The zero-order chi connectivity index (χ0) is 10.7. The number of carbonyl (C=O) groups excluding carboxylic acids is 2. The maximum absolute atomic E-state index is 10.8. The molecule has 0 aromatic heterocycles. The lowest BCUT2D eigenvalue weighted by Crippen LogP contribution is -2.46. The molecule has 0 aromatic carbocycles. The van der Waals surface area contributed by atoms with Gasteiger partial charge in [-0.05, 0) is 25.7 Å². The Morgan fingerprint density at radius 1 is 1.23 bits per heavy atom. The first kappa shape index (κ1) is 12.1. The van der Waals surface area contributed by atoms with E-state index in [2.05, 4.69) is 26.1 Å². The summed E-state index contributed by atoms with van der Waals surface area (Å²) in [5, 5.41) is 2.66. The molecule has 0 atom stereocenters. The van der Waals surface area contributed by atoms with Crippen molar-refractivity contribution in [1.82, 2.24) is 5.32 Å². The molecule has 0 radical (unpaired) electrons. The highest BCUT2D eigenvalue weighted by molar-refractivity contribution is 6.23. The summed E-state index contributed by atoms with van der Waals surface area (Å²) >= 11 is 0. The van der Waals surface area contributed by atoms with E-state index in [9.17, 15) is 9.59 Å². The second-order valence-electron chi connectivity index (χ2n) is 5.23.